The van der Waals surface area contributed by atoms with Crippen LogP contribution in [-0.4, -0.2) is 24.0 Å². The maximum Gasteiger partial charge on any atom is 0.265 e. The first-order chi connectivity index (χ1) is 12.0. The number of carbonyl (C=O) groups excluding carboxylic acids is 2. The Labute approximate surface area is 151 Å². The Hall–Kier alpha value is -2.53. The molecule has 2 N–H and O–H groups in total. The predicted octanol–water partition coefficient (Wildman–Crippen LogP) is 3.64. The molecule has 0 aliphatic heterocycles. The predicted molar refractivity (Wildman–Crippen MR) is 97.1 cm³/mol. The molecule has 6 heteroatoms. The van der Waals surface area contributed by atoms with E-state index in [1.807, 2.05) is 0 Å². The first kappa shape index (κ1) is 17.3. The largest absolute Gasteiger partial charge is 0.481 e. The highest BCUT2D eigenvalue weighted by Crippen LogP contribution is 2.20. The van der Waals surface area contributed by atoms with Gasteiger partial charge >= 0.3 is 0 Å². The molecule has 0 radical (unpaired) electrons. The van der Waals surface area contributed by atoms with Gasteiger partial charge in [0.2, 0.25) is 0 Å². The smallest absolute Gasteiger partial charge is 0.265 e. The van der Waals surface area contributed by atoms with Gasteiger partial charge < -0.3 is 15.4 Å². The topological polar surface area (TPSA) is 67.4 Å². The average Bonchev–Trinajstić information content (AvgIpc) is 3.41. The number of nitrogens with one attached hydrogen (secondary N) is 2. The summed E-state index contributed by atoms with van der Waals surface area (Å²) in [4.78, 5) is 24.2. The molecule has 1 fully saturated rings. The van der Waals surface area contributed by atoms with Crippen LogP contribution < -0.4 is 15.4 Å². The van der Waals surface area contributed by atoms with Gasteiger partial charge in [-0.2, -0.15) is 0 Å². The maximum absolute atomic E-state index is 12.2. The van der Waals surface area contributed by atoms with Crippen molar-refractivity contribution in [3.05, 3.63) is 59.1 Å². The number of hydrogen-bond acceptors (Lipinski definition) is 3. The first-order valence-corrected chi connectivity index (χ1v) is 8.53. The van der Waals surface area contributed by atoms with Crippen molar-refractivity contribution in [2.24, 2.45) is 0 Å². The van der Waals surface area contributed by atoms with Crippen LogP contribution >= 0.6 is 11.6 Å². The van der Waals surface area contributed by atoms with Gasteiger partial charge in [0.1, 0.15) is 5.75 Å². The van der Waals surface area contributed by atoms with Crippen LogP contribution in [0.25, 0.3) is 0 Å². The molecule has 0 bridgehead atoms. The Kier molecular flexibility index (Phi) is 5.24. The van der Waals surface area contributed by atoms with Crippen LogP contribution in [0.5, 0.6) is 5.75 Å². The van der Waals surface area contributed by atoms with Crippen molar-refractivity contribution in [2.45, 2.75) is 31.9 Å². The second kappa shape index (κ2) is 7.57. The Bertz CT molecular complexity index is 755. The molecule has 3 rings (SSSR count). The van der Waals surface area contributed by atoms with E-state index in [4.69, 9.17) is 16.3 Å². The molecule has 2 amide bonds. The van der Waals surface area contributed by atoms with Gasteiger partial charge in [0.15, 0.2) is 6.10 Å². The summed E-state index contributed by atoms with van der Waals surface area (Å²) in [6.07, 6.45) is 1.43. The van der Waals surface area contributed by atoms with E-state index in [0.717, 1.165) is 12.8 Å². The van der Waals surface area contributed by atoms with Crippen LogP contribution in [0.2, 0.25) is 5.02 Å². The molecular formula is C19H19ClN2O3. The number of ether oxygens (including phenoxy) is 1. The molecule has 130 valence electrons. The zero-order valence-corrected chi connectivity index (χ0v) is 14.5. The number of amides is 2. The SMILES string of the molecule is CC(Oc1ccc(Cl)cc1)C(=O)Nc1ccc(C(=O)NC2CC2)cc1. The van der Waals surface area contributed by atoms with Crippen molar-refractivity contribution < 1.29 is 14.3 Å². The van der Waals surface area contributed by atoms with Crippen molar-refractivity contribution >= 4 is 29.1 Å². The second-order valence-electron chi connectivity index (χ2n) is 6.03. The summed E-state index contributed by atoms with van der Waals surface area (Å²) < 4.78 is 5.58. The van der Waals surface area contributed by atoms with Gasteiger partial charge in [-0.3, -0.25) is 9.59 Å². The fourth-order valence-corrected chi connectivity index (χ4v) is 2.34. The molecule has 1 atom stereocenters. The standard InChI is InChI=1S/C19H19ClN2O3/c1-12(25-17-10-4-14(20)5-11-17)18(23)21-15-6-2-13(3-7-15)19(24)22-16-8-9-16/h2-7,10-12,16H,8-9H2,1H3,(H,21,23)(H,22,24). The third-order valence-corrected chi connectivity index (χ3v) is 4.07. The molecule has 1 saturated carbocycles. The van der Waals surface area contributed by atoms with E-state index in [9.17, 15) is 9.59 Å². The lowest BCUT2D eigenvalue weighted by Gasteiger charge is -2.15. The molecule has 0 heterocycles. The lowest BCUT2D eigenvalue weighted by molar-refractivity contribution is -0.122. The highest BCUT2D eigenvalue weighted by atomic mass is 35.5. The first-order valence-electron chi connectivity index (χ1n) is 8.15. The highest BCUT2D eigenvalue weighted by molar-refractivity contribution is 6.30. The minimum absolute atomic E-state index is 0.0835. The van der Waals surface area contributed by atoms with Crippen LogP contribution in [0.1, 0.15) is 30.1 Å². The van der Waals surface area contributed by atoms with E-state index in [-0.39, 0.29) is 11.8 Å². The Morgan fingerprint density at radius 1 is 1.08 bits per heavy atom. The highest BCUT2D eigenvalue weighted by Gasteiger charge is 2.23. The molecule has 2 aromatic rings. The molecule has 0 saturated heterocycles. The van der Waals surface area contributed by atoms with Crippen molar-refractivity contribution in [3.8, 4) is 5.75 Å². The number of carbonyl (C=O) groups is 2. The molecule has 1 unspecified atom stereocenters. The number of rotatable bonds is 6. The quantitative estimate of drug-likeness (QED) is 0.828. The number of benzene rings is 2. The van der Waals surface area contributed by atoms with Gasteiger partial charge in [0.25, 0.3) is 11.8 Å². The molecule has 25 heavy (non-hydrogen) atoms. The normalized spacial score (nSPS) is 14.5. The van der Waals surface area contributed by atoms with Gasteiger partial charge in [-0.25, -0.2) is 0 Å². The fourth-order valence-electron chi connectivity index (χ4n) is 2.22. The van der Waals surface area contributed by atoms with E-state index >= 15 is 0 Å². The number of hydrogen-bond donors (Lipinski definition) is 2. The number of halogens is 1. The minimum Gasteiger partial charge on any atom is -0.481 e. The van der Waals surface area contributed by atoms with Crippen molar-refractivity contribution in [1.82, 2.24) is 5.32 Å². The van der Waals surface area contributed by atoms with Gasteiger partial charge in [-0.15, -0.1) is 0 Å². The molecule has 0 aromatic heterocycles. The van der Waals surface area contributed by atoms with E-state index in [0.29, 0.717) is 28.1 Å². The Morgan fingerprint density at radius 3 is 2.32 bits per heavy atom. The van der Waals surface area contributed by atoms with Crippen molar-refractivity contribution in [2.75, 3.05) is 5.32 Å². The van der Waals surface area contributed by atoms with Crippen LogP contribution in [0.4, 0.5) is 5.69 Å². The third-order valence-electron chi connectivity index (χ3n) is 3.82. The lowest BCUT2D eigenvalue weighted by Crippen LogP contribution is -2.30. The zero-order valence-electron chi connectivity index (χ0n) is 13.8. The fraction of sp³-hybridized carbons (Fsp3) is 0.263. The van der Waals surface area contributed by atoms with Gasteiger partial charge in [-0.05, 0) is 68.3 Å². The monoisotopic (exact) mass is 358 g/mol. The molecular weight excluding hydrogens is 340 g/mol. The summed E-state index contributed by atoms with van der Waals surface area (Å²) in [5.41, 5.74) is 1.19. The summed E-state index contributed by atoms with van der Waals surface area (Å²) in [6.45, 7) is 1.67. The van der Waals surface area contributed by atoms with Gasteiger partial charge in [0.05, 0.1) is 0 Å². The molecule has 1 aliphatic carbocycles. The third kappa shape index (κ3) is 4.97. The van der Waals surface area contributed by atoms with Crippen LogP contribution in [-0.2, 0) is 4.79 Å². The van der Waals surface area contributed by atoms with E-state index in [1.165, 1.54) is 0 Å². The molecule has 2 aromatic carbocycles. The Morgan fingerprint density at radius 2 is 1.72 bits per heavy atom. The summed E-state index contributed by atoms with van der Waals surface area (Å²) in [6, 6.07) is 13.9. The van der Waals surface area contributed by atoms with Crippen molar-refractivity contribution in [3.63, 3.8) is 0 Å². The molecule has 5 nitrogen and oxygen atoms in total. The molecule has 1 aliphatic rings. The Balaban J connectivity index is 1.54. The van der Waals surface area contributed by atoms with E-state index in [1.54, 1.807) is 55.5 Å². The van der Waals surface area contributed by atoms with E-state index < -0.39 is 6.10 Å². The zero-order chi connectivity index (χ0) is 17.8. The van der Waals surface area contributed by atoms with Crippen LogP contribution in [0.3, 0.4) is 0 Å². The minimum atomic E-state index is -0.668. The molecule has 0 spiro atoms. The summed E-state index contributed by atoms with van der Waals surface area (Å²) in [7, 11) is 0. The van der Waals surface area contributed by atoms with Gasteiger partial charge in [0, 0.05) is 22.3 Å². The average molecular weight is 359 g/mol. The summed E-state index contributed by atoms with van der Waals surface area (Å²) >= 11 is 5.82. The summed E-state index contributed by atoms with van der Waals surface area (Å²) in [5, 5.41) is 6.30. The summed E-state index contributed by atoms with van der Waals surface area (Å²) in [5.74, 6) is 0.212. The van der Waals surface area contributed by atoms with Crippen LogP contribution in [0.15, 0.2) is 48.5 Å². The maximum atomic E-state index is 12.2. The van der Waals surface area contributed by atoms with Crippen LogP contribution in [0, 0.1) is 0 Å². The van der Waals surface area contributed by atoms with E-state index in [2.05, 4.69) is 10.6 Å². The van der Waals surface area contributed by atoms with Crippen molar-refractivity contribution in [1.29, 1.82) is 0 Å². The lowest BCUT2D eigenvalue weighted by atomic mass is 10.2. The number of anilines is 1. The van der Waals surface area contributed by atoms with Gasteiger partial charge in [-0.1, -0.05) is 11.6 Å². The second-order valence-corrected chi connectivity index (χ2v) is 6.46.